The summed E-state index contributed by atoms with van der Waals surface area (Å²) in [6, 6.07) is 9.59. The number of aliphatic hydroxyl groups is 6. The average Bonchev–Trinajstić information content (AvgIpc) is 2.80. The topological polar surface area (TPSA) is 158 Å². The van der Waals surface area contributed by atoms with Gasteiger partial charge in [0.2, 0.25) is 0 Å². The van der Waals surface area contributed by atoms with Gasteiger partial charge in [-0.15, -0.1) is 12.6 Å². The number of ether oxygens (including phenoxy) is 4. The van der Waals surface area contributed by atoms with Gasteiger partial charge in [0.05, 0.1) is 19.8 Å². The Hall–Kier alpha value is -1.09. The minimum Gasteiger partial charge on any atom is -0.394 e. The van der Waals surface area contributed by atoms with E-state index >= 15 is 0 Å². The van der Waals surface area contributed by atoms with Crippen molar-refractivity contribution in [2.45, 2.75) is 60.6 Å². The predicted molar refractivity (Wildman–Crippen MR) is 115 cm³/mol. The van der Waals surface area contributed by atoms with Crippen LogP contribution in [-0.2, 0) is 18.9 Å². The van der Waals surface area contributed by atoms with E-state index in [4.69, 9.17) is 18.9 Å². The van der Waals surface area contributed by atoms with Crippen LogP contribution in [0.4, 0.5) is 0 Å². The molecule has 10 atom stereocenters. The molecule has 180 valence electrons. The van der Waals surface area contributed by atoms with Gasteiger partial charge < -0.3 is 49.6 Å². The average molecular weight is 475 g/mol. The Morgan fingerprint density at radius 3 is 2.22 bits per heavy atom. The molecular weight excluding hydrogens is 444 g/mol. The zero-order valence-corrected chi connectivity index (χ0v) is 18.1. The van der Waals surface area contributed by atoms with E-state index in [1.807, 2.05) is 36.4 Å². The highest BCUT2D eigenvalue weighted by atomic mass is 32.1. The zero-order valence-electron chi connectivity index (χ0n) is 17.2. The van der Waals surface area contributed by atoms with Gasteiger partial charge in [0, 0.05) is 0 Å². The molecule has 2 saturated heterocycles. The van der Waals surface area contributed by atoms with Crippen molar-refractivity contribution in [2.75, 3.05) is 19.8 Å². The number of thiol groups is 1. The molecule has 0 bridgehead atoms. The van der Waals surface area contributed by atoms with E-state index in [-0.39, 0.29) is 13.2 Å². The number of hydrogen-bond donors (Lipinski definition) is 7. The minimum absolute atomic E-state index is 0.162. The van der Waals surface area contributed by atoms with E-state index in [2.05, 4.69) is 12.6 Å². The summed E-state index contributed by atoms with van der Waals surface area (Å²) in [5.41, 5.74) is 0.117. The first-order valence-electron chi connectivity index (χ1n) is 10.3. The highest BCUT2D eigenvalue weighted by Crippen LogP contribution is 2.28. The maximum Gasteiger partial charge on any atom is 0.186 e. The Morgan fingerprint density at radius 2 is 1.53 bits per heavy atom. The van der Waals surface area contributed by atoms with Gasteiger partial charge in [-0.25, -0.2) is 0 Å². The van der Waals surface area contributed by atoms with Crippen LogP contribution < -0.4 is 0 Å². The molecule has 0 radical (unpaired) electrons. The standard InChI is InChI=1S/C21H30O10S/c22-9-12-14(23)16(25)18(27)20(30-12)29-10-13-15(24)17(26)19(21(32)31-13)28-8-4-7-11-5-2-1-3-6-11/h1-7,12-27,32H,8-10H2/b7-4+/t12-,13-,14-,15-,16+,17+,18+,19+,20-,21+/m1/s1. The fourth-order valence-corrected chi connectivity index (χ4v) is 3.97. The lowest BCUT2D eigenvalue weighted by Gasteiger charge is -2.43. The third-order valence-electron chi connectivity index (χ3n) is 5.43. The van der Waals surface area contributed by atoms with Gasteiger partial charge in [-0.2, -0.15) is 0 Å². The lowest BCUT2D eigenvalue weighted by molar-refractivity contribution is -0.312. The second-order valence-electron chi connectivity index (χ2n) is 7.69. The summed E-state index contributed by atoms with van der Waals surface area (Å²) in [5.74, 6) is 0. The molecule has 3 rings (SSSR count). The Morgan fingerprint density at radius 1 is 0.844 bits per heavy atom. The molecule has 0 unspecified atom stereocenters. The summed E-state index contributed by atoms with van der Waals surface area (Å²) in [6.45, 7) is -0.753. The summed E-state index contributed by atoms with van der Waals surface area (Å²) >= 11 is 4.30. The second kappa shape index (κ2) is 11.9. The van der Waals surface area contributed by atoms with Gasteiger partial charge in [0.25, 0.3) is 0 Å². The van der Waals surface area contributed by atoms with Crippen LogP contribution in [0.25, 0.3) is 6.08 Å². The van der Waals surface area contributed by atoms with Gasteiger partial charge in [-0.1, -0.05) is 42.5 Å². The zero-order chi connectivity index (χ0) is 23.3. The summed E-state index contributed by atoms with van der Waals surface area (Å²) in [5, 5.41) is 59.8. The first kappa shape index (κ1) is 25.5. The van der Waals surface area contributed by atoms with Crippen LogP contribution in [0.5, 0.6) is 0 Å². The monoisotopic (exact) mass is 474 g/mol. The molecule has 0 saturated carbocycles. The van der Waals surface area contributed by atoms with Gasteiger partial charge in [0.15, 0.2) is 6.29 Å². The summed E-state index contributed by atoms with van der Waals surface area (Å²) in [6.07, 6.45) is -8.20. The number of rotatable bonds is 8. The third-order valence-corrected chi connectivity index (χ3v) is 5.85. The Balaban J connectivity index is 1.50. The number of aliphatic hydroxyl groups excluding tert-OH is 6. The second-order valence-corrected chi connectivity index (χ2v) is 8.20. The van der Waals surface area contributed by atoms with Crippen molar-refractivity contribution in [2.24, 2.45) is 0 Å². The Labute approximate surface area is 191 Å². The van der Waals surface area contributed by atoms with Crippen LogP contribution in [0.1, 0.15) is 5.56 Å². The van der Waals surface area contributed by atoms with E-state index in [9.17, 15) is 30.6 Å². The molecule has 0 aliphatic carbocycles. The van der Waals surface area contributed by atoms with Crippen LogP contribution in [0.2, 0.25) is 0 Å². The van der Waals surface area contributed by atoms with E-state index in [1.165, 1.54) is 0 Å². The molecule has 32 heavy (non-hydrogen) atoms. The Kier molecular flexibility index (Phi) is 9.46. The molecule has 11 heteroatoms. The van der Waals surface area contributed by atoms with E-state index in [0.29, 0.717) is 0 Å². The molecule has 0 amide bonds. The molecule has 2 aliphatic rings. The molecule has 2 fully saturated rings. The first-order chi connectivity index (χ1) is 15.3. The van der Waals surface area contributed by atoms with Crippen molar-refractivity contribution in [1.82, 2.24) is 0 Å². The predicted octanol–water partition coefficient (Wildman–Crippen LogP) is -1.72. The van der Waals surface area contributed by atoms with Crippen molar-refractivity contribution < 1.29 is 49.6 Å². The van der Waals surface area contributed by atoms with Crippen molar-refractivity contribution in [3.63, 3.8) is 0 Å². The number of hydrogen-bond acceptors (Lipinski definition) is 11. The summed E-state index contributed by atoms with van der Waals surface area (Å²) in [4.78, 5) is 0. The summed E-state index contributed by atoms with van der Waals surface area (Å²) in [7, 11) is 0. The minimum atomic E-state index is -1.59. The fourth-order valence-electron chi connectivity index (χ4n) is 3.55. The largest absolute Gasteiger partial charge is 0.394 e. The van der Waals surface area contributed by atoms with Gasteiger partial charge in [-0.05, 0) is 5.56 Å². The van der Waals surface area contributed by atoms with Crippen molar-refractivity contribution in [3.8, 4) is 0 Å². The van der Waals surface area contributed by atoms with E-state index < -0.39 is 67.2 Å². The molecule has 10 nitrogen and oxygen atoms in total. The molecule has 1 aromatic rings. The van der Waals surface area contributed by atoms with Gasteiger partial charge in [-0.3, -0.25) is 0 Å². The smallest absolute Gasteiger partial charge is 0.186 e. The molecule has 6 N–H and O–H groups in total. The SMILES string of the molecule is OC[C@H]1O[C@@H](OC[C@H]2O[C@@H](S)[C@@H](OC/C=C/c3ccccc3)[C@@H](O)[C@@H]2O)[C@@H](O)[C@@H](O)[C@@H]1O. The third kappa shape index (κ3) is 6.07. The van der Waals surface area contributed by atoms with Crippen LogP contribution in [-0.4, -0.2) is 111 Å². The highest BCUT2D eigenvalue weighted by Gasteiger charge is 2.47. The fraction of sp³-hybridized carbons (Fsp3) is 0.619. The molecule has 1 aromatic carbocycles. The van der Waals surface area contributed by atoms with Crippen LogP contribution in [0.15, 0.2) is 36.4 Å². The van der Waals surface area contributed by atoms with Crippen LogP contribution in [0.3, 0.4) is 0 Å². The highest BCUT2D eigenvalue weighted by molar-refractivity contribution is 7.80. The normalized spacial score (nSPS) is 40.6. The van der Waals surface area contributed by atoms with Crippen LogP contribution in [0, 0.1) is 0 Å². The lowest BCUT2D eigenvalue weighted by Crippen LogP contribution is -2.61. The van der Waals surface area contributed by atoms with Gasteiger partial charge >= 0.3 is 0 Å². The molecule has 2 aliphatic heterocycles. The summed E-state index contributed by atoms with van der Waals surface area (Å²) < 4.78 is 21.9. The Bertz CT molecular complexity index is 720. The maximum atomic E-state index is 10.5. The van der Waals surface area contributed by atoms with Crippen LogP contribution >= 0.6 is 12.6 Å². The molecule has 2 heterocycles. The quantitative estimate of drug-likeness (QED) is 0.216. The maximum absolute atomic E-state index is 10.5. The van der Waals surface area contributed by atoms with Crippen molar-refractivity contribution in [1.29, 1.82) is 0 Å². The van der Waals surface area contributed by atoms with Crippen molar-refractivity contribution >= 4 is 18.7 Å². The lowest BCUT2D eigenvalue weighted by atomic mass is 9.99. The van der Waals surface area contributed by atoms with Crippen molar-refractivity contribution in [3.05, 3.63) is 42.0 Å². The van der Waals surface area contributed by atoms with E-state index in [0.717, 1.165) is 5.56 Å². The number of benzene rings is 1. The first-order valence-corrected chi connectivity index (χ1v) is 10.8. The molecule has 0 spiro atoms. The van der Waals surface area contributed by atoms with E-state index in [1.54, 1.807) is 6.08 Å². The molecular formula is C21H30O10S. The van der Waals surface area contributed by atoms with Gasteiger partial charge in [0.1, 0.15) is 54.3 Å². The molecule has 0 aromatic heterocycles.